The fourth-order valence-corrected chi connectivity index (χ4v) is 4.38. The molecule has 0 radical (unpaired) electrons. The van der Waals surface area contributed by atoms with Gasteiger partial charge in [0.25, 0.3) is 0 Å². The van der Waals surface area contributed by atoms with Crippen LogP contribution >= 0.6 is 11.6 Å². The lowest BCUT2D eigenvalue weighted by Gasteiger charge is -2.41. The second-order valence-corrected chi connectivity index (χ2v) is 7.69. The van der Waals surface area contributed by atoms with Crippen molar-refractivity contribution in [3.05, 3.63) is 64.7 Å². The summed E-state index contributed by atoms with van der Waals surface area (Å²) in [5.41, 5.74) is 3.01. The van der Waals surface area contributed by atoms with Gasteiger partial charge in [0.1, 0.15) is 6.04 Å². The average Bonchev–Trinajstić information content (AvgIpc) is 2.72. The van der Waals surface area contributed by atoms with E-state index in [0.29, 0.717) is 31.1 Å². The number of carbonyl (C=O) groups is 2. The predicted octanol–water partition coefficient (Wildman–Crippen LogP) is 3.13. The molecule has 0 unspecified atom stereocenters. The van der Waals surface area contributed by atoms with Gasteiger partial charge in [-0.3, -0.25) is 9.59 Å². The van der Waals surface area contributed by atoms with Crippen molar-refractivity contribution in [3.8, 4) is 0 Å². The summed E-state index contributed by atoms with van der Waals surface area (Å²) in [4.78, 5) is 31.9. The minimum Gasteiger partial charge on any atom is -0.368 e. The van der Waals surface area contributed by atoms with E-state index in [-0.39, 0.29) is 11.8 Å². The summed E-state index contributed by atoms with van der Waals surface area (Å²) in [6, 6.07) is 15.1. The number of hydrogen-bond acceptors (Lipinski definition) is 3. The Morgan fingerprint density at radius 2 is 1.82 bits per heavy atom. The predicted molar refractivity (Wildman–Crippen MR) is 111 cm³/mol. The Labute approximate surface area is 170 Å². The Kier molecular flexibility index (Phi) is 5.27. The van der Waals surface area contributed by atoms with Crippen LogP contribution in [0.2, 0.25) is 5.02 Å². The zero-order chi connectivity index (χ0) is 19.7. The van der Waals surface area contributed by atoms with Gasteiger partial charge in [-0.1, -0.05) is 41.9 Å². The fourth-order valence-electron chi connectivity index (χ4n) is 4.19. The zero-order valence-corrected chi connectivity index (χ0v) is 16.7. The summed E-state index contributed by atoms with van der Waals surface area (Å²) in [7, 11) is 0. The second-order valence-electron chi connectivity index (χ2n) is 7.25. The second kappa shape index (κ2) is 7.84. The molecular formula is C22H24ClN3O2. The number of nitrogens with zero attached hydrogens (tertiary/aromatic N) is 3. The first-order valence-corrected chi connectivity index (χ1v) is 10.1. The van der Waals surface area contributed by atoms with Gasteiger partial charge in [-0.2, -0.15) is 0 Å². The van der Waals surface area contributed by atoms with Gasteiger partial charge in [-0.25, -0.2) is 0 Å². The van der Waals surface area contributed by atoms with Gasteiger partial charge in [0, 0.05) is 43.4 Å². The number of fused-ring (bicyclic) bond motifs is 1. The topological polar surface area (TPSA) is 43.9 Å². The molecule has 0 saturated carbocycles. The van der Waals surface area contributed by atoms with Gasteiger partial charge in [-0.05, 0) is 36.2 Å². The molecule has 0 aromatic heterocycles. The van der Waals surface area contributed by atoms with E-state index >= 15 is 0 Å². The van der Waals surface area contributed by atoms with E-state index < -0.39 is 6.04 Å². The molecule has 2 aliphatic heterocycles. The molecule has 0 aliphatic carbocycles. The summed E-state index contributed by atoms with van der Waals surface area (Å²) in [6.07, 6.45) is 0.371. The highest BCUT2D eigenvalue weighted by Crippen LogP contribution is 2.32. The maximum absolute atomic E-state index is 13.4. The standard InChI is InChI=1S/C22H24ClN3O2/c1-2-26-20(27)14-16-6-3-4-9-19(16)21(26)22(28)25-12-10-24(11-13-25)18-8-5-7-17(23)15-18/h3-9,15,21H,2,10-14H2,1H3/t21-/m0/s1. The summed E-state index contributed by atoms with van der Waals surface area (Å²) < 4.78 is 0. The molecule has 2 aromatic carbocycles. The third kappa shape index (κ3) is 3.47. The van der Waals surface area contributed by atoms with Crippen LogP contribution in [-0.2, 0) is 16.0 Å². The number of benzene rings is 2. The number of amides is 2. The number of hydrogen-bond donors (Lipinski definition) is 0. The maximum Gasteiger partial charge on any atom is 0.250 e. The van der Waals surface area contributed by atoms with Crippen LogP contribution in [0.1, 0.15) is 24.1 Å². The molecule has 2 heterocycles. The first-order chi connectivity index (χ1) is 13.6. The number of piperazine rings is 1. The van der Waals surface area contributed by atoms with Crippen LogP contribution in [-0.4, -0.2) is 54.3 Å². The Balaban J connectivity index is 1.52. The van der Waals surface area contributed by atoms with E-state index in [1.165, 1.54) is 0 Å². The largest absolute Gasteiger partial charge is 0.368 e. The van der Waals surface area contributed by atoms with Crippen molar-refractivity contribution in [1.29, 1.82) is 0 Å². The third-order valence-electron chi connectivity index (χ3n) is 5.66. The van der Waals surface area contributed by atoms with Gasteiger partial charge in [0.15, 0.2) is 0 Å². The van der Waals surface area contributed by atoms with Gasteiger partial charge in [-0.15, -0.1) is 0 Å². The lowest BCUT2D eigenvalue weighted by molar-refractivity contribution is -0.147. The molecule has 28 heavy (non-hydrogen) atoms. The highest BCUT2D eigenvalue weighted by molar-refractivity contribution is 6.30. The van der Waals surface area contributed by atoms with Gasteiger partial charge in [0.05, 0.1) is 6.42 Å². The van der Waals surface area contributed by atoms with Crippen molar-refractivity contribution in [3.63, 3.8) is 0 Å². The Morgan fingerprint density at radius 1 is 1.07 bits per heavy atom. The van der Waals surface area contributed by atoms with E-state index in [4.69, 9.17) is 11.6 Å². The number of rotatable bonds is 3. The Hall–Kier alpha value is -2.53. The maximum atomic E-state index is 13.4. The highest BCUT2D eigenvalue weighted by Gasteiger charge is 2.39. The van der Waals surface area contributed by atoms with Crippen LogP contribution in [0.5, 0.6) is 0 Å². The molecule has 2 aromatic rings. The number of carbonyl (C=O) groups excluding carboxylic acids is 2. The van der Waals surface area contributed by atoms with Crippen LogP contribution in [0, 0.1) is 0 Å². The monoisotopic (exact) mass is 397 g/mol. The average molecular weight is 398 g/mol. The molecule has 0 spiro atoms. The first-order valence-electron chi connectivity index (χ1n) is 9.75. The van der Waals surface area contributed by atoms with Gasteiger partial charge >= 0.3 is 0 Å². The van der Waals surface area contributed by atoms with Gasteiger partial charge < -0.3 is 14.7 Å². The highest BCUT2D eigenvalue weighted by atomic mass is 35.5. The zero-order valence-electron chi connectivity index (χ0n) is 16.0. The summed E-state index contributed by atoms with van der Waals surface area (Å²) >= 11 is 6.11. The summed E-state index contributed by atoms with van der Waals surface area (Å²) in [6.45, 7) is 5.24. The normalized spacial score (nSPS) is 19.6. The Bertz CT molecular complexity index is 893. The molecule has 6 heteroatoms. The van der Waals surface area contributed by atoms with Gasteiger partial charge in [0.2, 0.25) is 11.8 Å². The smallest absolute Gasteiger partial charge is 0.250 e. The van der Waals surface area contributed by atoms with Crippen LogP contribution in [0.15, 0.2) is 48.5 Å². The SMILES string of the molecule is CCN1C(=O)Cc2ccccc2[C@H]1C(=O)N1CCN(c2cccc(Cl)c2)CC1. The van der Waals surface area contributed by atoms with Crippen LogP contribution in [0.4, 0.5) is 5.69 Å². The summed E-state index contributed by atoms with van der Waals surface area (Å²) in [5.74, 6) is 0.0465. The van der Waals surface area contributed by atoms with E-state index in [2.05, 4.69) is 4.90 Å². The number of halogens is 1. The molecule has 2 aliphatic rings. The van der Waals surface area contributed by atoms with E-state index in [1.807, 2.05) is 60.4 Å². The molecule has 0 N–H and O–H groups in total. The van der Waals surface area contributed by atoms with Crippen molar-refractivity contribution in [2.24, 2.45) is 0 Å². The molecule has 1 saturated heterocycles. The lowest BCUT2D eigenvalue weighted by Crippen LogP contribution is -2.54. The minimum absolute atomic E-state index is 0.0214. The van der Waals surface area contributed by atoms with Crippen molar-refractivity contribution in [2.45, 2.75) is 19.4 Å². The molecule has 1 fully saturated rings. The molecular weight excluding hydrogens is 374 g/mol. The lowest BCUT2D eigenvalue weighted by atomic mass is 9.91. The Morgan fingerprint density at radius 3 is 2.54 bits per heavy atom. The fraction of sp³-hybridized carbons (Fsp3) is 0.364. The van der Waals surface area contributed by atoms with Crippen molar-refractivity contribution >= 4 is 29.1 Å². The molecule has 146 valence electrons. The quantitative estimate of drug-likeness (QED) is 0.799. The first kappa shape index (κ1) is 18.8. The molecule has 2 amide bonds. The summed E-state index contributed by atoms with van der Waals surface area (Å²) in [5, 5.41) is 0.715. The molecule has 0 bridgehead atoms. The van der Waals surface area contributed by atoms with Crippen molar-refractivity contribution in [2.75, 3.05) is 37.6 Å². The third-order valence-corrected chi connectivity index (χ3v) is 5.90. The number of anilines is 1. The van der Waals surface area contributed by atoms with Crippen LogP contribution in [0.3, 0.4) is 0 Å². The molecule has 1 atom stereocenters. The molecule has 4 rings (SSSR count). The van der Waals surface area contributed by atoms with Crippen LogP contribution in [0.25, 0.3) is 0 Å². The number of likely N-dealkylation sites (N-methyl/N-ethyl adjacent to an activating group) is 1. The molecule has 5 nitrogen and oxygen atoms in total. The van der Waals surface area contributed by atoms with E-state index in [0.717, 1.165) is 29.9 Å². The van der Waals surface area contributed by atoms with E-state index in [1.54, 1.807) is 4.90 Å². The van der Waals surface area contributed by atoms with Crippen molar-refractivity contribution < 1.29 is 9.59 Å². The van der Waals surface area contributed by atoms with Crippen LogP contribution < -0.4 is 4.90 Å². The van der Waals surface area contributed by atoms with Crippen molar-refractivity contribution in [1.82, 2.24) is 9.80 Å². The minimum atomic E-state index is -0.514. The van der Waals surface area contributed by atoms with E-state index in [9.17, 15) is 9.59 Å².